The third-order valence-electron chi connectivity index (χ3n) is 4.88. The van der Waals surface area contributed by atoms with Crippen LogP contribution >= 0.6 is 11.8 Å². The van der Waals surface area contributed by atoms with Crippen molar-refractivity contribution in [1.29, 1.82) is 0 Å². The van der Waals surface area contributed by atoms with Crippen LogP contribution in [-0.4, -0.2) is 33.8 Å². The van der Waals surface area contributed by atoms with E-state index in [1.807, 2.05) is 72.6 Å². The maximum atomic E-state index is 13.1. The molecular weight excluding hydrogens is 378 g/mol. The van der Waals surface area contributed by atoms with Crippen LogP contribution in [0.5, 0.6) is 0 Å². The molecule has 29 heavy (non-hydrogen) atoms. The highest BCUT2D eigenvalue weighted by Gasteiger charge is 2.23. The van der Waals surface area contributed by atoms with Gasteiger partial charge in [0.25, 0.3) is 0 Å². The molecule has 0 aliphatic heterocycles. The van der Waals surface area contributed by atoms with Gasteiger partial charge in [-0.15, -0.1) is 5.10 Å². The van der Waals surface area contributed by atoms with Crippen LogP contribution in [0, 0.1) is 0 Å². The first kappa shape index (κ1) is 19.2. The number of thioether (sulfide) groups is 1. The number of fused-ring (bicyclic) bond motifs is 1. The molecule has 0 spiro atoms. The summed E-state index contributed by atoms with van der Waals surface area (Å²) in [5, 5.41) is 11.1. The predicted molar refractivity (Wildman–Crippen MR) is 118 cm³/mol. The fourth-order valence-corrected chi connectivity index (χ4v) is 4.30. The highest BCUT2D eigenvalue weighted by Crippen LogP contribution is 2.29. The number of amides is 1. The van der Waals surface area contributed by atoms with Gasteiger partial charge in [-0.3, -0.25) is 4.79 Å². The number of rotatable bonds is 6. The summed E-state index contributed by atoms with van der Waals surface area (Å²) in [6.07, 6.45) is 1.74. The van der Waals surface area contributed by atoms with Gasteiger partial charge < -0.3 is 4.90 Å². The Balaban J connectivity index is 1.56. The van der Waals surface area contributed by atoms with Crippen molar-refractivity contribution in [2.75, 3.05) is 12.8 Å². The molecule has 0 saturated heterocycles. The second kappa shape index (κ2) is 8.88. The lowest BCUT2D eigenvalue weighted by Gasteiger charge is -2.29. The van der Waals surface area contributed by atoms with Gasteiger partial charge in [-0.2, -0.15) is 5.10 Å². The Labute approximate surface area is 174 Å². The van der Waals surface area contributed by atoms with Crippen molar-refractivity contribution in [1.82, 2.24) is 15.1 Å². The molecular formula is C24H21N3OS. The summed E-state index contributed by atoms with van der Waals surface area (Å²) in [7, 11) is 1.86. The Morgan fingerprint density at radius 2 is 1.48 bits per heavy atom. The molecule has 0 aliphatic carbocycles. The van der Waals surface area contributed by atoms with E-state index in [0.29, 0.717) is 5.75 Å². The van der Waals surface area contributed by atoms with Gasteiger partial charge in [0, 0.05) is 17.8 Å². The summed E-state index contributed by atoms with van der Waals surface area (Å²) < 4.78 is 0. The zero-order valence-electron chi connectivity index (χ0n) is 16.1. The summed E-state index contributed by atoms with van der Waals surface area (Å²) in [5.41, 5.74) is 2.18. The highest BCUT2D eigenvalue weighted by atomic mass is 32.2. The van der Waals surface area contributed by atoms with E-state index >= 15 is 0 Å². The lowest BCUT2D eigenvalue weighted by Crippen LogP contribution is -2.33. The molecule has 4 rings (SSSR count). The fraction of sp³-hybridized carbons (Fsp3) is 0.125. The van der Waals surface area contributed by atoms with Crippen LogP contribution in [0.2, 0.25) is 0 Å². The summed E-state index contributed by atoms with van der Waals surface area (Å²) in [4.78, 5) is 14.9. The number of nitrogens with zero attached hydrogens (tertiary/aromatic N) is 3. The van der Waals surface area contributed by atoms with Crippen LogP contribution < -0.4 is 0 Å². The summed E-state index contributed by atoms with van der Waals surface area (Å²) >= 11 is 1.43. The topological polar surface area (TPSA) is 46.1 Å². The van der Waals surface area contributed by atoms with E-state index in [2.05, 4.69) is 34.5 Å². The lowest BCUT2D eigenvalue weighted by atomic mass is 9.97. The summed E-state index contributed by atoms with van der Waals surface area (Å²) in [6.45, 7) is 0. The molecule has 0 bridgehead atoms. The van der Waals surface area contributed by atoms with Gasteiger partial charge >= 0.3 is 0 Å². The zero-order chi connectivity index (χ0) is 20.1. The van der Waals surface area contributed by atoms with Crippen molar-refractivity contribution >= 4 is 28.4 Å². The molecule has 1 aromatic heterocycles. The SMILES string of the molecule is CN(C(=O)CSc1nncc2ccccc12)C(c1ccccc1)c1ccccc1. The lowest BCUT2D eigenvalue weighted by molar-refractivity contribution is -0.128. The Hall–Kier alpha value is -3.18. The summed E-state index contributed by atoms with van der Waals surface area (Å²) in [6, 6.07) is 28.1. The first-order chi connectivity index (χ1) is 14.2. The van der Waals surface area contributed by atoms with E-state index in [1.54, 1.807) is 6.20 Å². The fourth-order valence-electron chi connectivity index (χ4n) is 3.39. The third-order valence-corrected chi connectivity index (χ3v) is 5.85. The van der Waals surface area contributed by atoms with Gasteiger partial charge in [0.2, 0.25) is 5.91 Å². The van der Waals surface area contributed by atoms with Crippen molar-refractivity contribution in [2.24, 2.45) is 0 Å². The quantitative estimate of drug-likeness (QED) is 0.430. The molecule has 0 saturated carbocycles. The first-order valence-electron chi connectivity index (χ1n) is 9.43. The van der Waals surface area contributed by atoms with Gasteiger partial charge in [0.05, 0.1) is 18.0 Å². The molecule has 3 aromatic carbocycles. The second-order valence-corrected chi connectivity index (χ2v) is 7.72. The molecule has 0 fully saturated rings. The van der Waals surface area contributed by atoms with E-state index < -0.39 is 0 Å². The zero-order valence-corrected chi connectivity index (χ0v) is 16.9. The molecule has 0 atom stereocenters. The molecule has 4 nitrogen and oxygen atoms in total. The van der Waals surface area contributed by atoms with Crippen molar-refractivity contribution in [3.8, 4) is 0 Å². The molecule has 5 heteroatoms. The molecule has 1 heterocycles. The molecule has 0 N–H and O–H groups in total. The maximum Gasteiger partial charge on any atom is 0.233 e. The molecule has 4 aromatic rings. The maximum absolute atomic E-state index is 13.1. The predicted octanol–water partition coefficient (Wildman–Crippen LogP) is 4.97. The molecule has 0 radical (unpaired) electrons. The Kier molecular flexibility index (Phi) is 5.86. The van der Waals surface area contributed by atoms with E-state index in [9.17, 15) is 4.79 Å². The standard InChI is InChI=1S/C24H21N3OS/c1-27(23(18-10-4-2-5-11-18)19-12-6-3-7-13-19)22(28)17-29-24-21-15-9-8-14-20(21)16-25-26-24/h2-16,23H,17H2,1H3. The normalized spacial score (nSPS) is 11.0. The van der Waals surface area contributed by atoms with Gasteiger partial charge in [-0.05, 0) is 11.1 Å². The molecule has 1 amide bonds. The largest absolute Gasteiger partial charge is 0.334 e. The number of benzene rings is 3. The van der Waals surface area contributed by atoms with E-state index in [1.165, 1.54) is 11.8 Å². The van der Waals surface area contributed by atoms with E-state index in [-0.39, 0.29) is 11.9 Å². The van der Waals surface area contributed by atoms with Crippen LogP contribution in [0.4, 0.5) is 0 Å². The Morgan fingerprint density at radius 3 is 2.14 bits per heavy atom. The number of hydrogen-bond donors (Lipinski definition) is 0. The van der Waals surface area contributed by atoms with Crippen molar-refractivity contribution < 1.29 is 4.79 Å². The van der Waals surface area contributed by atoms with Crippen LogP contribution in [0.3, 0.4) is 0 Å². The minimum atomic E-state index is -0.135. The minimum absolute atomic E-state index is 0.0439. The smallest absolute Gasteiger partial charge is 0.233 e. The van der Waals surface area contributed by atoms with Crippen molar-refractivity contribution in [3.05, 3.63) is 102 Å². The average molecular weight is 400 g/mol. The molecule has 0 aliphatic rings. The van der Waals surface area contributed by atoms with Crippen LogP contribution in [0.25, 0.3) is 10.8 Å². The number of hydrogen-bond acceptors (Lipinski definition) is 4. The Morgan fingerprint density at radius 1 is 0.897 bits per heavy atom. The van der Waals surface area contributed by atoms with Crippen molar-refractivity contribution in [2.45, 2.75) is 11.1 Å². The van der Waals surface area contributed by atoms with Gasteiger partial charge in [-0.1, -0.05) is 96.7 Å². The van der Waals surface area contributed by atoms with Crippen molar-refractivity contribution in [3.63, 3.8) is 0 Å². The first-order valence-corrected chi connectivity index (χ1v) is 10.4. The third kappa shape index (κ3) is 4.30. The number of aromatic nitrogens is 2. The minimum Gasteiger partial charge on any atom is -0.334 e. The van der Waals surface area contributed by atoms with E-state index in [4.69, 9.17) is 0 Å². The Bertz CT molecular complexity index is 1060. The number of carbonyl (C=O) groups excluding carboxylic acids is 1. The van der Waals surface area contributed by atoms with Crippen LogP contribution in [0.1, 0.15) is 17.2 Å². The highest BCUT2D eigenvalue weighted by molar-refractivity contribution is 8.00. The summed E-state index contributed by atoms with van der Waals surface area (Å²) in [5.74, 6) is 0.345. The van der Waals surface area contributed by atoms with Gasteiger partial charge in [-0.25, -0.2) is 0 Å². The van der Waals surface area contributed by atoms with Crippen LogP contribution in [-0.2, 0) is 4.79 Å². The molecule has 0 unspecified atom stereocenters. The second-order valence-electron chi connectivity index (χ2n) is 6.75. The van der Waals surface area contributed by atoms with Gasteiger partial charge in [0.15, 0.2) is 0 Å². The molecule has 144 valence electrons. The van der Waals surface area contributed by atoms with Gasteiger partial charge in [0.1, 0.15) is 5.03 Å². The van der Waals surface area contributed by atoms with Crippen LogP contribution in [0.15, 0.2) is 96.2 Å². The number of carbonyl (C=O) groups is 1. The monoisotopic (exact) mass is 399 g/mol. The average Bonchev–Trinajstić information content (AvgIpc) is 2.79. The van der Waals surface area contributed by atoms with E-state index in [0.717, 1.165) is 26.9 Å².